The summed E-state index contributed by atoms with van der Waals surface area (Å²) in [5, 5.41) is 0. The maximum Gasteiger partial charge on any atom is 0.0431 e. The Kier molecular flexibility index (Phi) is 0.840. The van der Waals surface area contributed by atoms with Crippen molar-refractivity contribution in [1.29, 1.82) is 0 Å². The molecule has 1 heteroatoms. The van der Waals surface area contributed by atoms with Crippen molar-refractivity contribution in [3.05, 3.63) is 0 Å². The first-order valence-corrected chi connectivity index (χ1v) is 3.00. The smallest absolute Gasteiger partial charge is 0.0431 e. The summed E-state index contributed by atoms with van der Waals surface area (Å²) >= 11 is 0. The van der Waals surface area contributed by atoms with Gasteiger partial charge in [-0.15, -0.1) is 0 Å². The van der Waals surface area contributed by atoms with E-state index < -0.39 is 13.0 Å². The molecule has 0 aromatic carbocycles. The molecule has 1 aliphatic rings. The van der Waals surface area contributed by atoms with Crippen LogP contribution in [0.5, 0.6) is 0 Å². The molecule has 0 atom stereocenters. The zero-order chi connectivity index (χ0) is 9.57. The lowest BCUT2D eigenvalue weighted by Gasteiger charge is -2.26. The average molecular weight is 121 g/mol. The van der Waals surface area contributed by atoms with Crippen LogP contribution in [0.4, 0.5) is 0 Å². The van der Waals surface area contributed by atoms with Crippen LogP contribution in [0.1, 0.15) is 25.2 Å². The minimum Gasteiger partial charge on any atom is -0.306 e. The summed E-state index contributed by atoms with van der Waals surface area (Å²) < 4.78 is 30.3. The predicted molar refractivity (Wildman–Crippen MR) is 35.9 cm³/mol. The Morgan fingerprint density at radius 2 is 2.00 bits per heavy atom. The first-order chi connectivity index (χ1) is 5.26. The number of likely N-dealkylation sites (tertiary alicyclic amines) is 1. The van der Waals surface area contributed by atoms with E-state index in [0.717, 1.165) is 0 Å². The summed E-state index contributed by atoms with van der Waals surface area (Å²) in [6.45, 7) is -1.11. The number of nitrogens with zero attached hydrogens (tertiary/aromatic N) is 1. The topological polar surface area (TPSA) is 3.24 Å². The predicted octanol–water partition coefficient (Wildman–Crippen LogP) is 1.35. The Morgan fingerprint density at radius 1 is 1.50 bits per heavy atom. The van der Waals surface area contributed by atoms with Crippen LogP contribution in [-0.4, -0.2) is 24.9 Å². The van der Waals surface area contributed by atoms with Crippen molar-refractivity contribution in [3.8, 4) is 0 Å². The molecule has 0 amide bonds. The quantitative estimate of drug-likeness (QED) is 0.467. The van der Waals surface area contributed by atoms with Gasteiger partial charge in [0.2, 0.25) is 0 Å². The lowest BCUT2D eigenvalue weighted by molar-refractivity contribution is 0.230. The third-order valence-electron chi connectivity index (χ3n) is 1.35. The third kappa shape index (κ3) is 1.48. The Morgan fingerprint density at radius 3 is 2.50 bits per heavy atom. The van der Waals surface area contributed by atoms with Gasteiger partial charge in [0.1, 0.15) is 0 Å². The standard InChI is InChI=1S/C7H15N/c1-7-3-5-8(2)6-4-7/h7H,3-6H2,1-2H3/i5T2,6T2. The molecule has 8 heavy (non-hydrogen) atoms. The number of rotatable bonds is 0. The fourth-order valence-corrected chi connectivity index (χ4v) is 0.714. The maximum atomic E-state index is 7.57. The monoisotopic (exact) mass is 121 g/mol. The van der Waals surface area contributed by atoms with Crippen molar-refractivity contribution in [2.24, 2.45) is 5.92 Å². The number of hydrogen-bond acceptors (Lipinski definition) is 1. The first kappa shape index (κ1) is 2.70. The van der Waals surface area contributed by atoms with Crippen LogP contribution in [0.25, 0.3) is 0 Å². The van der Waals surface area contributed by atoms with Gasteiger partial charge in [-0.2, -0.15) is 0 Å². The molecular weight excluding hydrogens is 98.1 g/mol. The minimum atomic E-state index is -1.50. The van der Waals surface area contributed by atoms with Gasteiger partial charge < -0.3 is 4.90 Å². The van der Waals surface area contributed by atoms with Crippen LogP contribution in [-0.2, 0) is 0 Å². The molecule has 0 spiro atoms. The van der Waals surface area contributed by atoms with E-state index >= 15 is 0 Å². The van der Waals surface area contributed by atoms with Gasteiger partial charge in [-0.3, -0.25) is 0 Å². The highest BCUT2D eigenvalue weighted by molar-refractivity contribution is 4.65. The van der Waals surface area contributed by atoms with Crippen molar-refractivity contribution < 1.29 is 5.48 Å². The fraction of sp³-hybridized carbons (Fsp3) is 1.00. The summed E-state index contributed by atoms with van der Waals surface area (Å²) in [5.74, 6) is 0.117. The summed E-state index contributed by atoms with van der Waals surface area (Å²) in [6, 6.07) is 0. The maximum absolute atomic E-state index is 7.57. The molecule has 1 saturated heterocycles. The first-order valence-electron chi connectivity index (χ1n) is 5.00. The zero-order valence-electron chi connectivity index (χ0n) is 9.44. The van der Waals surface area contributed by atoms with Crippen LogP contribution in [0.2, 0.25) is 0 Å². The van der Waals surface area contributed by atoms with Crippen molar-refractivity contribution >= 4 is 0 Å². The molecule has 0 aliphatic carbocycles. The van der Waals surface area contributed by atoms with Gasteiger partial charge >= 0.3 is 0 Å². The third-order valence-corrected chi connectivity index (χ3v) is 1.35. The molecule has 0 radical (unpaired) electrons. The number of piperidine rings is 1. The summed E-state index contributed by atoms with van der Waals surface area (Å²) in [7, 11) is 1.51. The van der Waals surface area contributed by atoms with E-state index in [4.69, 9.17) is 5.48 Å². The van der Waals surface area contributed by atoms with Gasteiger partial charge in [-0.05, 0) is 38.8 Å². The van der Waals surface area contributed by atoms with Crippen molar-refractivity contribution in [2.75, 3.05) is 20.0 Å². The fourth-order valence-electron chi connectivity index (χ4n) is 0.714. The van der Waals surface area contributed by atoms with Crippen molar-refractivity contribution in [3.63, 3.8) is 0 Å². The zero-order valence-corrected chi connectivity index (χ0v) is 5.44. The van der Waals surface area contributed by atoms with Crippen LogP contribution in [0, 0.1) is 5.92 Å². The lowest BCUT2D eigenvalue weighted by atomic mass is 10.00. The van der Waals surface area contributed by atoms with E-state index in [1.807, 2.05) is 6.92 Å². The second kappa shape index (κ2) is 2.49. The molecular formula is C7H15N. The van der Waals surface area contributed by atoms with Gasteiger partial charge in [0, 0.05) is 5.48 Å². The van der Waals surface area contributed by atoms with E-state index in [-0.39, 0.29) is 5.92 Å². The van der Waals surface area contributed by atoms with Gasteiger partial charge in [0.25, 0.3) is 0 Å². The summed E-state index contributed by atoms with van der Waals surface area (Å²) in [6.07, 6.45) is 0.839. The Labute approximate surface area is 57.3 Å². The van der Waals surface area contributed by atoms with Gasteiger partial charge in [-0.25, -0.2) is 0 Å². The van der Waals surface area contributed by atoms with Gasteiger partial charge in [0.15, 0.2) is 0 Å². The van der Waals surface area contributed by atoms with E-state index in [9.17, 15) is 0 Å². The lowest BCUT2D eigenvalue weighted by Crippen LogP contribution is -2.28. The second-order valence-corrected chi connectivity index (χ2v) is 2.39. The van der Waals surface area contributed by atoms with E-state index in [1.165, 1.54) is 11.9 Å². The normalized spacial score (nSPS) is 46.2. The second-order valence-electron chi connectivity index (χ2n) is 2.39. The molecule has 1 heterocycles. The van der Waals surface area contributed by atoms with E-state index in [1.54, 1.807) is 0 Å². The summed E-state index contributed by atoms with van der Waals surface area (Å²) in [5.41, 5.74) is 0. The largest absolute Gasteiger partial charge is 0.306 e. The Balaban J connectivity index is 2.84. The van der Waals surface area contributed by atoms with E-state index in [2.05, 4.69) is 0 Å². The Bertz CT molecular complexity index is 162. The molecule has 0 aromatic rings. The highest BCUT2D eigenvalue weighted by Gasteiger charge is 2.10. The molecule has 0 saturated carbocycles. The molecule has 0 aromatic heterocycles. The van der Waals surface area contributed by atoms with Gasteiger partial charge in [0.05, 0.1) is 0 Å². The molecule has 0 N–H and O–H groups in total. The molecule has 1 fully saturated rings. The molecule has 1 nitrogen and oxygen atoms in total. The van der Waals surface area contributed by atoms with Gasteiger partial charge in [-0.1, -0.05) is 6.92 Å². The molecule has 48 valence electrons. The molecule has 0 unspecified atom stereocenters. The highest BCUT2D eigenvalue weighted by Crippen LogP contribution is 2.13. The minimum absolute atomic E-state index is 0.117. The number of hydrogen-bond donors (Lipinski definition) is 0. The van der Waals surface area contributed by atoms with E-state index in [0.29, 0.717) is 12.8 Å². The van der Waals surface area contributed by atoms with Crippen molar-refractivity contribution in [2.45, 2.75) is 19.8 Å². The Hall–Kier alpha value is -0.0400. The molecule has 1 aliphatic heterocycles. The van der Waals surface area contributed by atoms with Crippen LogP contribution in [0.3, 0.4) is 0 Å². The molecule has 0 bridgehead atoms. The van der Waals surface area contributed by atoms with Crippen LogP contribution < -0.4 is 0 Å². The highest BCUT2D eigenvalue weighted by atomic mass is 15.1. The van der Waals surface area contributed by atoms with Crippen LogP contribution >= 0.6 is 0 Å². The van der Waals surface area contributed by atoms with Crippen molar-refractivity contribution in [1.82, 2.24) is 4.90 Å². The average Bonchev–Trinajstić information content (AvgIpc) is 1.80. The summed E-state index contributed by atoms with van der Waals surface area (Å²) in [4.78, 5) is 1.19. The molecule has 1 rings (SSSR count). The SMILES string of the molecule is [3H]C1([3H])CC(C)CC([3H])([3H])N1C. The van der Waals surface area contributed by atoms with Crippen LogP contribution in [0.15, 0.2) is 0 Å².